The van der Waals surface area contributed by atoms with Gasteiger partial charge >= 0.3 is 6.03 Å². The van der Waals surface area contributed by atoms with Crippen LogP contribution in [-0.4, -0.2) is 41.3 Å². The third-order valence-corrected chi connectivity index (χ3v) is 4.15. The van der Waals surface area contributed by atoms with Crippen molar-refractivity contribution in [3.8, 4) is 0 Å². The molecule has 1 saturated carbocycles. The third kappa shape index (κ3) is 4.16. The summed E-state index contributed by atoms with van der Waals surface area (Å²) in [4.78, 5) is 13.6. The summed E-state index contributed by atoms with van der Waals surface area (Å²) in [6.45, 7) is 10.2. The van der Waals surface area contributed by atoms with E-state index in [4.69, 9.17) is 0 Å². The molecule has 0 bridgehead atoms. The maximum Gasteiger partial charge on any atom is 0.317 e. The van der Waals surface area contributed by atoms with Gasteiger partial charge in [0.15, 0.2) is 0 Å². The van der Waals surface area contributed by atoms with E-state index in [2.05, 4.69) is 19.2 Å². The first-order valence-electron chi connectivity index (χ1n) is 7.07. The van der Waals surface area contributed by atoms with Crippen LogP contribution in [0.15, 0.2) is 0 Å². The van der Waals surface area contributed by atoms with Crippen molar-refractivity contribution in [2.75, 3.05) is 19.6 Å². The van der Waals surface area contributed by atoms with Crippen LogP contribution in [0.3, 0.4) is 0 Å². The minimum atomic E-state index is -0.710. The van der Waals surface area contributed by atoms with Crippen molar-refractivity contribution in [1.82, 2.24) is 10.2 Å². The summed E-state index contributed by atoms with van der Waals surface area (Å²) < 4.78 is 0. The van der Waals surface area contributed by atoms with Crippen LogP contribution in [0.25, 0.3) is 0 Å². The normalized spacial score (nSPS) is 21.4. The number of nitrogens with one attached hydrogen (secondary N) is 1. The Kier molecular flexibility index (Phi) is 5.02. The third-order valence-electron chi connectivity index (χ3n) is 4.15. The lowest BCUT2D eigenvalue weighted by Gasteiger charge is -2.40. The Labute approximate surface area is 111 Å². The molecule has 0 radical (unpaired) electrons. The topological polar surface area (TPSA) is 52.6 Å². The van der Waals surface area contributed by atoms with Crippen LogP contribution in [0.1, 0.15) is 53.4 Å². The fraction of sp³-hybridized carbons (Fsp3) is 0.929. The average molecular weight is 256 g/mol. The van der Waals surface area contributed by atoms with Gasteiger partial charge in [-0.15, -0.1) is 0 Å². The molecule has 0 aromatic rings. The van der Waals surface area contributed by atoms with Crippen LogP contribution in [0.5, 0.6) is 0 Å². The molecule has 106 valence electrons. The van der Waals surface area contributed by atoms with E-state index >= 15 is 0 Å². The van der Waals surface area contributed by atoms with Gasteiger partial charge in [0, 0.05) is 19.6 Å². The molecule has 1 aliphatic carbocycles. The summed E-state index contributed by atoms with van der Waals surface area (Å²) in [6.07, 6.45) is 3.59. The molecule has 0 saturated heterocycles. The monoisotopic (exact) mass is 256 g/mol. The number of carbonyl (C=O) groups is 1. The van der Waals surface area contributed by atoms with Crippen LogP contribution >= 0.6 is 0 Å². The molecular weight excluding hydrogens is 228 g/mol. The molecule has 4 heteroatoms. The Morgan fingerprint density at radius 2 is 1.67 bits per heavy atom. The molecule has 0 heterocycles. The number of hydrogen-bond acceptors (Lipinski definition) is 2. The standard InChI is InChI=1S/C14H28N2O2/c1-5-16(6-2)12(17)15-11-14(18)9-7-13(3,4)8-10-14/h18H,5-11H2,1-4H3,(H,15,17). The van der Waals surface area contributed by atoms with Gasteiger partial charge in [0.2, 0.25) is 0 Å². The van der Waals surface area contributed by atoms with Crippen molar-refractivity contribution in [2.45, 2.75) is 59.0 Å². The van der Waals surface area contributed by atoms with E-state index in [-0.39, 0.29) is 6.03 Å². The maximum atomic E-state index is 11.8. The van der Waals surface area contributed by atoms with Crippen LogP contribution in [0.2, 0.25) is 0 Å². The molecule has 0 unspecified atom stereocenters. The first kappa shape index (κ1) is 15.3. The van der Waals surface area contributed by atoms with Crippen LogP contribution < -0.4 is 5.32 Å². The van der Waals surface area contributed by atoms with Gasteiger partial charge in [-0.05, 0) is 44.9 Å². The highest BCUT2D eigenvalue weighted by molar-refractivity contribution is 5.74. The molecule has 0 atom stereocenters. The second kappa shape index (κ2) is 5.91. The highest BCUT2D eigenvalue weighted by Gasteiger charge is 2.36. The van der Waals surface area contributed by atoms with Crippen molar-refractivity contribution in [3.05, 3.63) is 0 Å². The van der Waals surface area contributed by atoms with Gasteiger partial charge in [0.25, 0.3) is 0 Å². The molecule has 1 aliphatic rings. The molecular formula is C14H28N2O2. The van der Waals surface area contributed by atoms with Crippen LogP contribution in [0.4, 0.5) is 4.79 Å². The molecule has 0 aromatic carbocycles. The number of nitrogens with zero attached hydrogens (tertiary/aromatic N) is 1. The van der Waals surface area contributed by atoms with Gasteiger partial charge in [0.1, 0.15) is 0 Å². The summed E-state index contributed by atoms with van der Waals surface area (Å²) in [5.74, 6) is 0. The van der Waals surface area contributed by atoms with Gasteiger partial charge in [-0.2, -0.15) is 0 Å². The molecule has 1 fully saturated rings. The number of rotatable bonds is 4. The SMILES string of the molecule is CCN(CC)C(=O)NCC1(O)CCC(C)(C)CC1. The van der Waals surface area contributed by atoms with Gasteiger partial charge in [0.05, 0.1) is 5.60 Å². The maximum absolute atomic E-state index is 11.8. The fourth-order valence-corrected chi connectivity index (χ4v) is 2.43. The fourth-order valence-electron chi connectivity index (χ4n) is 2.43. The van der Waals surface area contributed by atoms with E-state index in [1.54, 1.807) is 4.90 Å². The molecule has 1 rings (SSSR count). The van der Waals surface area contributed by atoms with Gasteiger partial charge < -0.3 is 15.3 Å². The van der Waals surface area contributed by atoms with E-state index in [0.717, 1.165) is 25.7 Å². The first-order chi connectivity index (χ1) is 8.32. The summed E-state index contributed by atoms with van der Waals surface area (Å²) in [6, 6.07) is -0.0711. The molecule has 0 spiro atoms. The Morgan fingerprint density at radius 3 is 2.11 bits per heavy atom. The Bertz CT molecular complexity index is 276. The second-order valence-corrected chi connectivity index (χ2v) is 6.22. The lowest BCUT2D eigenvalue weighted by molar-refractivity contribution is -0.0229. The van der Waals surface area contributed by atoms with E-state index < -0.39 is 5.60 Å². The number of hydrogen-bond donors (Lipinski definition) is 2. The summed E-state index contributed by atoms with van der Waals surface area (Å²) >= 11 is 0. The number of carbonyl (C=O) groups excluding carboxylic acids is 1. The average Bonchev–Trinajstić information content (AvgIpc) is 2.33. The minimum absolute atomic E-state index is 0.0711. The van der Waals surface area contributed by atoms with Gasteiger partial charge in [-0.25, -0.2) is 4.79 Å². The quantitative estimate of drug-likeness (QED) is 0.811. The largest absolute Gasteiger partial charge is 0.388 e. The summed E-state index contributed by atoms with van der Waals surface area (Å²) in [7, 11) is 0. The summed E-state index contributed by atoms with van der Waals surface area (Å²) in [5.41, 5.74) is -0.382. The van der Waals surface area contributed by atoms with E-state index in [1.807, 2.05) is 13.8 Å². The van der Waals surface area contributed by atoms with Gasteiger partial charge in [-0.1, -0.05) is 13.8 Å². The lowest BCUT2D eigenvalue weighted by atomic mass is 9.71. The zero-order valence-corrected chi connectivity index (χ0v) is 12.3. The van der Waals surface area contributed by atoms with E-state index in [9.17, 15) is 9.90 Å². The highest BCUT2D eigenvalue weighted by Crippen LogP contribution is 2.39. The Balaban J connectivity index is 2.41. The molecule has 2 N–H and O–H groups in total. The van der Waals surface area contributed by atoms with Crippen molar-refractivity contribution in [3.63, 3.8) is 0 Å². The zero-order chi connectivity index (χ0) is 13.8. The van der Waals surface area contributed by atoms with Crippen molar-refractivity contribution >= 4 is 6.03 Å². The number of aliphatic hydroxyl groups is 1. The van der Waals surface area contributed by atoms with Crippen molar-refractivity contribution in [2.24, 2.45) is 5.41 Å². The Morgan fingerprint density at radius 1 is 1.17 bits per heavy atom. The molecule has 4 nitrogen and oxygen atoms in total. The first-order valence-corrected chi connectivity index (χ1v) is 7.07. The zero-order valence-electron chi connectivity index (χ0n) is 12.3. The van der Waals surface area contributed by atoms with Gasteiger partial charge in [-0.3, -0.25) is 0 Å². The van der Waals surface area contributed by atoms with Crippen LogP contribution in [-0.2, 0) is 0 Å². The highest BCUT2D eigenvalue weighted by atomic mass is 16.3. The number of amides is 2. The van der Waals surface area contributed by atoms with Crippen molar-refractivity contribution < 1.29 is 9.90 Å². The molecule has 0 aromatic heterocycles. The van der Waals surface area contributed by atoms with Crippen LogP contribution in [0, 0.1) is 5.41 Å². The smallest absolute Gasteiger partial charge is 0.317 e. The lowest BCUT2D eigenvalue weighted by Crippen LogP contribution is -2.49. The Hall–Kier alpha value is -0.770. The van der Waals surface area contributed by atoms with Crippen molar-refractivity contribution in [1.29, 1.82) is 0 Å². The predicted octanol–water partition coefficient (Wildman–Crippen LogP) is 2.37. The second-order valence-electron chi connectivity index (χ2n) is 6.22. The predicted molar refractivity (Wildman–Crippen MR) is 73.5 cm³/mol. The molecule has 18 heavy (non-hydrogen) atoms. The van der Waals surface area contributed by atoms with E-state index in [1.165, 1.54) is 0 Å². The number of urea groups is 1. The summed E-state index contributed by atoms with van der Waals surface area (Å²) in [5, 5.41) is 13.3. The minimum Gasteiger partial charge on any atom is -0.388 e. The molecule has 2 amide bonds. The van der Waals surface area contributed by atoms with E-state index in [0.29, 0.717) is 25.0 Å². The molecule has 0 aliphatic heterocycles.